The van der Waals surface area contributed by atoms with Gasteiger partial charge in [-0.25, -0.2) is 0 Å². The van der Waals surface area contributed by atoms with E-state index < -0.39 is 0 Å². The van der Waals surface area contributed by atoms with Crippen molar-refractivity contribution in [1.82, 2.24) is 4.90 Å². The Morgan fingerprint density at radius 3 is 2.31 bits per heavy atom. The summed E-state index contributed by atoms with van der Waals surface area (Å²) >= 11 is 0. The third kappa shape index (κ3) is 3.34. The van der Waals surface area contributed by atoms with Crippen molar-refractivity contribution in [2.75, 3.05) is 13.1 Å². The second kappa shape index (κ2) is 4.58. The van der Waals surface area contributed by atoms with Gasteiger partial charge in [0, 0.05) is 19.6 Å². The van der Waals surface area contributed by atoms with Crippen LogP contribution < -0.4 is 0 Å². The average molecular weight is 217 g/mol. The lowest BCUT2D eigenvalue weighted by molar-refractivity contribution is 0.0626. The lowest BCUT2D eigenvalue weighted by Gasteiger charge is -2.42. The van der Waals surface area contributed by atoms with Gasteiger partial charge < -0.3 is 0 Å². The van der Waals surface area contributed by atoms with E-state index >= 15 is 0 Å². The van der Waals surface area contributed by atoms with Gasteiger partial charge in [-0.2, -0.15) is 0 Å². The number of nitrogens with zero attached hydrogens (tertiary/aromatic N) is 1. The van der Waals surface area contributed by atoms with Gasteiger partial charge in [0.25, 0.3) is 0 Å². The molecule has 1 saturated heterocycles. The highest BCUT2D eigenvalue weighted by molar-refractivity contribution is 5.14. The second-order valence-electron chi connectivity index (χ2n) is 6.31. The van der Waals surface area contributed by atoms with E-state index in [1.807, 2.05) is 0 Å². The monoisotopic (exact) mass is 217 g/mol. The standard InChI is InChI=1S/C15H23N/c1-15(2,3)9-14-11-16(12-14)10-13-7-5-4-6-8-13/h4-8,14H,9-12H2,1-3H3. The molecule has 0 radical (unpaired) electrons. The molecular formula is C15H23N. The Bertz CT molecular complexity index is 317. The van der Waals surface area contributed by atoms with Gasteiger partial charge in [0.15, 0.2) is 0 Å². The van der Waals surface area contributed by atoms with Crippen LogP contribution in [0.1, 0.15) is 32.8 Å². The second-order valence-corrected chi connectivity index (χ2v) is 6.31. The maximum Gasteiger partial charge on any atom is 0.0233 e. The molecule has 0 aromatic heterocycles. The van der Waals surface area contributed by atoms with Crippen LogP contribution in [0.3, 0.4) is 0 Å². The molecule has 1 fully saturated rings. The predicted molar refractivity (Wildman–Crippen MR) is 69.3 cm³/mol. The Morgan fingerprint density at radius 1 is 1.12 bits per heavy atom. The van der Waals surface area contributed by atoms with Crippen molar-refractivity contribution in [2.24, 2.45) is 11.3 Å². The van der Waals surface area contributed by atoms with Crippen molar-refractivity contribution >= 4 is 0 Å². The number of hydrogen-bond acceptors (Lipinski definition) is 1. The summed E-state index contributed by atoms with van der Waals surface area (Å²) in [6.07, 6.45) is 1.36. The first kappa shape index (κ1) is 11.7. The van der Waals surface area contributed by atoms with Gasteiger partial charge in [0.05, 0.1) is 0 Å². The fourth-order valence-corrected chi connectivity index (χ4v) is 2.64. The van der Waals surface area contributed by atoms with E-state index in [0.717, 1.165) is 12.5 Å². The first-order chi connectivity index (χ1) is 7.53. The van der Waals surface area contributed by atoms with Crippen LogP contribution in [0.2, 0.25) is 0 Å². The van der Waals surface area contributed by atoms with Gasteiger partial charge in [-0.1, -0.05) is 51.1 Å². The van der Waals surface area contributed by atoms with E-state index in [1.165, 1.54) is 25.1 Å². The van der Waals surface area contributed by atoms with Crippen molar-refractivity contribution in [3.63, 3.8) is 0 Å². The molecule has 1 aromatic rings. The lowest BCUT2D eigenvalue weighted by Crippen LogP contribution is -2.47. The van der Waals surface area contributed by atoms with Crippen molar-refractivity contribution in [3.05, 3.63) is 35.9 Å². The summed E-state index contributed by atoms with van der Waals surface area (Å²) in [5, 5.41) is 0. The van der Waals surface area contributed by atoms with Gasteiger partial charge in [-0.05, 0) is 23.3 Å². The molecule has 0 amide bonds. The first-order valence-electron chi connectivity index (χ1n) is 6.29. The van der Waals surface area contributed by atoms with Crippen LogP contribution in [0.25, 0.3) is 0 Å². The summed E-state index contributed by atoms with van der Waals surface area (Å²) in [4.78, 5) is 2.55. The van der Waals surface area contributed by atoms with Crippen LogP contribution in [0.5, 0.6) is 0 Å². The quantitative estimate of drug-likeness (QED) is 0.748. The molecule has 0 N–H and O–H groups in total. The van der Waals surface area contributed by atoms with E-state index in [4.69, 9.17) is 0 Å². The third-order valence-corrected chi connectivity index (χ3v) is 3.18. The number of likely N-dealkylation sites (tertiary alicyclic amines) is 1. The van der Waals surface area contributed by atoms with Crippen LogP contribution in [0.15, 0.2) is 30.3 Å². The molecule has 1 aliphatic rings. The molecule has 0 bridgehead atoms. The fraction of sp³-hybridized carbons (Fsp3) is 0.600. The van der Waals surface area contributed by atoms with E-state index in [2.05, 4.69) is 56.0 Å². The van der Waals surface area contributed by atoms with Gasteiger partial charge >= 0.3 is 0 Å². The highest BCUT2D eigenvalue weighted by atomic mass is 15.2. The minimum Gasteiger partial charge on any atom is -0.298 e. The minimum atomic E-state index is 0.490. The predicted octanol–water partition coefficient (Wildman–Crippen LogP) is 3.55. The lowest BCUT2D eigenvalue weighted by atomic mass is 9.81. The molecular weight excluding hydrogens is 194 g/mol. The summed E-state index contributed by atoms with van der Waals surface area (Å²) in [6.45, 7) is 10.7. The third-order valence-electron chi connectivity index (χ3n) is 3.18. The van der Waals surface area contributed by atoms with Gasteiger partial charge in [0.2, 0.25) is 0 Å². The summed E-state index contributed by atoms with van der Waals surface area (Å²) < 4.78 is 0. The fourth-order valence-electron chi connectivity index (χ4n) is 2.64. The molecule has 2 rings (SSSR count). The zero-order valence-electron chi connectivity index (χ0n) is 10.7. The van der Waals surface area contributed by atoms with Crippen molar-refractivity contribution in [1.29, 1.82) is 0 Å². The zero-order chi connectivity index (χ0) is 11.6. The maximum atomic E-state index is 2.55. The van der Waals surface area contributed by atoms with Gasteiger partial charge in [-0.15, -0.1) is 0 Å². The molecule has 0 atom stereocenters. The summed E-state index contributed by atoms with van der Waals surface area (Å²) in [5.74, 6) is 0.920. The molecule has 0 unspecified atom stereocenters. The SMILES string of the molecule is CC(C)(C)CC1CN(Cc2ccccc2)C1. The van der Waals surface area contributed by atoms with Crippen molar-refractivity contribution in [3.8, 4) is 0 Å². The van der Waals surface area contributed by atoms with Crippen molar-refractivity contribution < 1.29 is 0 Å². The van der Waals surface area contributed by atoms with Crippen LogP contribution in [-0.4, -0.2) is 18.0 Å². The summed E-state index contributed by atoms with van der Waals surface area (Å²) in [7, 11) is 0. The minimum absolute atomic E-state index is 0.490. The number of hydrogen-bond donors (Lipinski definition) is 0. The van der Waals surface area contributed by atoms with Crippen molar-refractivity contribution in [2.45, 2.75) is 33.7 Å². The molecule has 16 heavy (non-hydrogen) atoms. The van der Waals surface area contributed by atoms with E-state index in [0.29, 0.717) is 5.41 Å². The Balaban J connectivity index is 1.73. The molecule has 1 nitrogen and oxygen atoms in total. The Kier molecular flexibility index (Phi) is 3.34. The van der Waals surface area contributed by atoms with Crippen LogP contribution in [0.4, 0.5) is 0 Å². The largest absolute Gasteiger partial charge is 0.298 e. The molecule has 1 heterocycles. The van der Waals surface area contributed by atoms with Crippen LogP contribution in [-0.2, 0) is 6.54 Å². The summed E-state index contributed by atoms with van der Waals surface area (Å²) in [6, 6.07) is 10.8. The topological polar surface area (TPSA) is 3.24 Å². The van der Waals surface area contributed by atoms with Gasteiger partial charge in [0.1, 0.15) is 0 Å². The normalized spacial score (nSPS) is 18.4. The Labute approximate surface area is 99.5 Å². The average Bonchev–Trinajstić information content (AvgIpc) is 2.14. The highest BCUT2D eigenvalue weighted by Crippen LogP contribution is 2.30. The summed E-state index contributed by atoms with van der Waals surface area (Å²) in [5.41, 5.74) is 1.93. The molecule has 0 aliphatic carbocycles. The van der Waals surface area contributed by atoms with E-state index in [9.17, 15) is 0 Å². The number of rotatable bonds is 3. The maximum absolute atomic E-state index is 2.55. The van der Waals surface area contributed by atoms with Crippen LogP contribution >= 0.6 is 0 Å². The smallest absolute Gasteiger partial charge is 0.0233 e. The molecule has 88 valence electrons. The van der Waals surface area contributed by atoms with Crippen LogP contribution in [0, 0.1) is 11.3 Å². The number of benzene rings is 1. The van der Waals surface area contributed by atoms with E-state index in [1.54, 1.807) is 0 Å². The molecule has 1 aliphatic heterocycles. The highest BCUT2D eigenvalue weighted by Gasteiger charge is 2.29. The Morgan fingerprint density at radius 2 is 1.75 bits per heavy atom. The molecule has 1 aromatic carbocycles. The Hall–Kier alpha value is -0.820. The molecule has 0 spiro atoms. The molecule has 0 saturated carbocycles. The van der Waals surface area contributed by atoms with Gasteiger partial charge in [-0.3, -0.25) is 4.90 Å². The zero-order valence-corrected chi connectivity index (χ0v) is 10.7. The molecule has 1 heteroatoms. The first-order valence-corrected chi connectivity index (χ1v) is 6.29. The van der Waals surface area contributed by atoms with E-state index in [-0.39, 0.29) is 0 Å².